The number of carboxylic acids is 2. The number of carbonyl (C=O) groups excluding carboxylic acids is 1. The minimum absolute atomic E-state index is 0.0677. The van der Waals surface area contributed by atoms with Crippen LogP contribution in [-0.2, 0) is 14.4 Å². The van der Waals surface area contributed by atoms with Gasteiger partial charge in [-0.25, -0.2) is 9.59 Å². The van der Waals surface area contributed by atoms with Gasteiger partial charge in [-0.3, -0.25) is 20.4 Å². The predicted octanol–water partition coefficient (Wildman–Crippen LogP) is 8.95. The third-order valence-corrected chi connectivity index (χ3v) is 10.2. The average Bonchev–Trinajstić information content (AvgIpc) is 3.28. The Morgan fingerprint density at radius 1 is 0.721 bits per heavy atom. The molecule has 21 heteroatoms. The maximum atomic E-state index is 10.6. The maximum absolute atomic E-state index is 10.6. The summed E-state index contributed by atoms with van der Waals surface area (Å²) in [4.78, 5) is 46.5. The minimum atomic E-state index is -5.08. The first-order valence-corrected chi connectivity index (χ1v) is 24.2. The molecule has 0 unspecified atom stereocenters. The molecule has 0 aliphatic carbocycles. The molecule has 68 heavy (non-hydrogen) atoms. The molecule has 2 rings (SSSR count). The van der Waals surface area contributed by atoms with Crippen LogP contribution in [0.15, 0.2) is 27.1 Å². The first-order chi connectivity index (χ1) is 32.4. The zero-order chi connectivity index (χ0) is 51.3. The number of alkyl halides is 6. The summed E-state index contributed by atoms with van der Waals surface area (Å²) in [5.74, 6) is 3.76. The molecule has 0 spiro atoms. The quantitative estimate of drug-likeness (QED) is 0.00894. The Balaban J connectivity index is 0. The van der Waals surface area contributed by atoms with E-state index >= 15 is 0 Å². The molecule has 0 atom stereocenters. The van der Waals surface area contributed by atoms with Gasteiger partial charge in [-0.15, -0.1) is 0 Å². The van der Waals surface area contributed by atoms with E-state index in [1.807, 2.05) is 6.08 Å². The number of nitrogens with zero attached hydrogens (tertiary/aromatic N) is 5. The fraction of sp³-hybridized carbons (Fsp3) is 0.766. The Labute approximate surface area is 400 Å². The second-order valence-corrected chi connectivity index (χ2v) is 16.3. The van der Waals surface area contributed by atoms with E-state index in [0.717, 1.165) is 116 Å². The van der Waals surface area contributed by atoms with Crippen molar-refractivity contribution in [3.8, 4) is 11.8 Å². The van der Waals surface area contributed by atoms with E-state index in [1.165, 1.54) is 102 Å². The van der Waals surface area contributed by atoms with Gasteiger partial charge in [0.2, 0.25) is 0 Å². The van der Waals surface area contributed by atoms with Gasteiger partial charge in [0.1, 0.15) is 6.29 Å². The fourth-order valence-corrected chi connectivity index (χ4v) is 6.66. The number of unbranched alkanes of at least 4 members (excludes halogenated alkanes) is 16. The average molecular weight is 981 g/mol. The number of nitrogens with two attached hydrogens (primary N) is 3. The SMILES string of the molecule is CCCCCCC#C/C=C\CCCCCCCC1=NCCCN1CCCCNC(=N)N.NC(N)=NCCCCN1CCCN=C1CCCCCCCC=O.O=C(O)C(F)(F)F.O=C(O)C(F)(F)F. The Bertz CT molecular complexity index is 1500. The van der Waals surface area contributed by atoms with Gasteiger partial charge in [0.25, 0.3) is 0 Å². The summed E-state index contributed by atoms with van der Waals surface area (Å²) in [7, 11) is 0. The van der Waals surface area contributed by atoms with Crippen molar-refractivity contribution < 1.29 is 50.9 Å². The van der Waals surface area contributed by atoms with Crippen molar-refractivity contribution in [1.29, 1.82) is 5.41 Å². The number of halogens is 6. The highest BCUT2D eigenvalue weighted by atomic mass is 19.4. The standard InChI is InChI=1S/C26H47N5.C17H33N5O.2C2HF3O2/c1-2-3-4-5-6-7-8-9-10-11-12-13-14-15-16-20-25-29-22-19-24-31(25)23-18-17-21-30-26(27)28;18-17(19)21-11-6-7-13-22-14-9-12-20-16(22)10-5-3-1-2-4-8-15-23;2*3-2(4,5)1(6)7/h9-10H,2-6,11-24H2,1H3,(H4,27,28,30);15H,1-14H2,(H4,18,19,21);2*(H,6,7)/b10-9-;;;. The molecule has 10 N–H and O–H groups in total. The van der Waals surface area contributed by atoms with Crippen LogP contribution in [0.4, 0.5) is 26.3 Å². The van der Waals surface area contributed by atoms with Crippen molar-refractivity contribution in [3.63, 3.8) is 0 Å². The minimum Gasteiger partial charge on any atom is -0.475 e. The van der Waals surface area contributed by atoms with Crippen LogP contribution in [-0.4, -0.2) is 127 Å². The number of guanidine groups is 2. The number of aliphatic carboxylic acids is 2. The second kappa shape index (κ2) is 43.3. The summed E-state index contributed by atoms with van der Waals surface area (Å²) < 4.78 is 63.5. The lowest BCUT2D eigenvalue weighted by molar-refractivity contribution is -0.193. The van der Waals surface area contributed by atoms with Crippen molar-refractivity contribution in [3.05, 3.63) is 12.2 Å². The number of carboxylic acid groups (broad SMARTS) is 2. The number of aldehydes is 1. The van der Waals surface area contributed by atoms with E-state index in [9.17, 15) is 31.1 Å². The number of hydrogen-bond acceptors (Lipinski definition) is 9. The lowest BCUT2D eigenvalue weighted by Gasteiger charge is -2.29. The number of rotatable bonds is 30. The molecule has 392 valence electrons. The number of carbonyl (C=O) groups is 3. The zero-order valence-corrected chi connectivity index (χ0v) is 40.4. The highest BCUT2D eigenvalue weighted by Gasteiger charge is 2.39. The van der Waals surface area contributed by atoms with Crippen LogP contribution in [0.2, 0.25) is 0 Å². The van der Waals surface area contributed by atoms with E-state index in [-0.39, 0.29) is 11.9 Å². The van der Waals surface area contributed by atoms with E-state index in [1.54, 1.807) is 0 Å². The van der Waals surface area contributed by atoms with Gasteiger partial charge >= 0.3 is 24.3 Å². The molecule has 15 nitrogen and oxygen atoms in total. The maximum Gasteiger partial charge on any atom is 0.490 e. The molecule has 0 amide bonds. The van der Waals surface area contributed by atoms with Gasteiger partial charge in [-0.05, 0) is 83.1 Å². The van der Waals surface area contributed by atoms with Crippen LogP contribution < -0.4 is 22.5 Å². The molecular weight excluding hydrogens is 899 g/mol. The summed E-state index contributed by atoms with van der Waals surface area (Å²) in [5, 5.41) is 24.3. The van der Waals surface area contributed by atoms with Crippen molar-refractivity contribution >= 4 is 41.8 Å². The zero-order valence-electron chi connectivity index (χ0n) is 40.4. The molecule has 0 fully saturated rings. The first kappa shape index (κ1) is 65.1. The normalized spacial score (nSPS) is 13.5. The molecular formula is C47H82F6N10O5. The van der Waals surface area contributed by atoms with Gasteiger partial charge in [-0.2, -0.15) is 26.3 Å². The third kappa shape index (κ3) is 43.5. The molecule has 0 saturated heterocycles. The molecule has 2 aliphatic heterocycles. The molecule has 2 aliphatic rings. The Morgan fingerprint density at radius 3 is 1.66 bits per heavy atom. The number of allylic oxidation sites excluding steroid dienone is 2. The van der Waals surface area contributed by atoms with Crippen molar-refractivity contribution in [2.45, 2.75) is 180 Å². The van der Waals surface area contributed by atoms with Crippen LogP contribution in [0.1, 0.15) is 167 Å². The number of amidine groups is 2. The molecule has 0 aromatic rings. The van der Waals surface area contributed by atoms with Gasteiger partial charge in [0.15, 0.2) is 11.9 Å². The molecule has 0 bridgehead atoms. The van der Waals surface area contributed by atoms with E-state index in [4.69, 9.17) is 52.4 Å². The monoisotopic (exact) mass is 981 g/mol. The lowest BCUT2D eigenvalue weighted by atomic mass is 10.1. The van der Waals surface area contributed by atoms with Gasteiger partial charge in [0, 0.05) is 78.0 Å². The van der Waals surface area contributed by atoms with Gasteiger partial charge < -0.3 is 47.3 Å². The highest BCUT2D eigenvalue weighted by molar-refractivity contribution is 5.83. The predicted molar refractivity (Wildman–Crippen MR) is 260 cm³/mol. The Kier molecular flexibility index (Phi) is 41.4. The number of hydrogen-bond donors (Lipinski definition) is 7. The highest BCUT2D eigenvalue weighted by Crippen LogP contribution is 2.16. The number of nitrogens with one attached hydrogen (secondary N) is 2. The van der Waals surface area contributed by atoms with E-state index in [2.05, 4.69) is 44.9 Å². The van der Waals surface area contributed by atoms with Gasteiger partial charge in [-0.1, -0.05) is 82.6 Å². The third-order valence-electron chi connectivity index (χ3n) is 10.2. The smallest absolute Gasteiger partial charge is 0.475 e. The van der Waals surface area contributed by atoms with Crippen LogP contribution in [0.3, 0.4) is 0 Å². The van der Waals surface area contributed by atoms with Crippen molar-refractivity contribution in [2.24, 2.45) is 32.2 Å². The summed E-state index contributed by atoms with van der Waals surface area (Å²) in [6.07, 6.45) is 24.4. The first-order valence-electron chi connectivity index (χ1n) is 24.2. The van der Waals surface area contributed by atoms with Crippen LogP contribution in [0, 0.1) is 17.3 Å². The molecule has 2 heterocycles. The largest absolute Gasteiger partial charge is 0.490 e. The van der Waals surface area contributed by atoms with E-state index < -0.39 is 24.3 Å². The summed E-state index contributed by atoms with van der Waals surface area (Å²) in [6, 6.07) is 0. The Hall–Kier alpha value is -5.03. The second-order valence-electron chi connectivity index (χ2n) is 16.3. The van der Waals surface area contributed by atoms with Crippen LogP contribution in [0.25, 0.3) is 0 Å². The molecule has 0 saturated carbocycles. The molecule has 0 radical (unpaired) electrons. The Morgan fingerprint density at radius 2 is 1.19 bits per heavy atom. The van der Waals surface area contributed by atoms with Crippen molar-refractivity contribution in [2.75, 3.05) is 52.4 Å². The number of aliphatic imine (C=N–C) groups is 3. The van der Waals surface area contributed by atoms with E-state index in [0.29, 0.717) is 13.0 Å². The van der Waals surface area contributed by atoms with Gasteiger partial charge in [0.05, 0.1) is 11.7 Å². The molecule has 0 aromatic carbocycles. The molecule has 0 aromatic heterocycles. The van der Waals surface area contributed by atoms with Crippen molar-refractivity contribution in [1.82, 2.24) is 15.1 Å². The summed E-state index contributed by atoms with van der Waals surface area (Å²) >= 11 is 0. The topological polar surface area (TPSA) is 249 Å². The summed E-state index contributed by atoms with van der Waals surface area (Å²) in [6.45, 7) is 10.1. The van der Waals surface area contributed by atoms with Crippen LogP contribution >= 0.6 is 0 Å². The lowest BCUT2D eigenvalue weighted by Crippen LogP contribution is -2.37. The summed E-state index contributed by atoms with van der Waals surface area (Å²) in [5.41, 5.74) is 16.0. The van der Waals surface area contributed by atoms with Crippen LogP contribution in [0.5, 0.6) is 0 Å². The fourth-order valence-electron chi connectivity index (χ4n) is 6.66.